The number of halogens is 2. The Morgan fingerprint density at radius 3 is 2.46 bits per heavy atom. The lowest BCUT2D eigenvalue weighted by molar-refractivity contribution is 0.415. The average molecular weight is 410 g/mol. The van der Waals surface area contributed by atoms with Crippen LogP contribution in [0.4, 0.5) is 11.4 Å². The average Bonchev–Trinajstić information content (AvgIpc) is 2.88. The van der Waals surface area contributed by atoms with Gasteiger partial charge in [0.05, 0.1) is 25.1 Å². The van der Waals surface area contributed by atoms with Gasteiger partial charge in [0.25, 0.3) is 0 Å². The van der Waals surface area contributed by atoms with Gasteiger partial charge in [0.15, 0.2) is 0 Å². The largest absolute Gasteiger partial charge is 0.497 e. The van der Waals surface area contributed by atoms with Gasteiger partial charge in [0.2, 0.25) is 0 Å². The third-order valence-electron chi connectivity index (χ3n) is 4.36. The molecule has 0 amide bonds. The van der Waals surface area contributed by atoms with Gasteiger partial charge in [-0.15, -0.1) is 0 Å². The molecule has 0 radical (unpaired) electrons. The first-order chi connectivity index (χ1) is 13.6. The zero-order valence-electron chi connectivity index (χ0n) is 15.1. The van der Waals surface area contributed by atoms with Gasteiger partial charge in [-0.3, -0.25) is 4.99 Å². The molecule has 1 aliphatic rings. The van der Waals surface area contributed by atoms with E-state index in [-0.39, 0.29) is 0 Å². The molecule has 0 saturated carbocycles. The second-order valence-electron chi connectivity index (χ2n) is 6.22. The summed E-state index contributed by atoms with van der Waals surface area (Å²) in [6.45, 7) is 0.388. The molecular weight excluding hydrogens is 393 g/mol. The van der Waals surface area contributed by atoms with Gasteiger partial charge >= 0.3 is 0 Å². The highest BCUT2D eigenvalue weighted by Crippen LogP contribution is 2.30. The summed E-state index contributed by atoms with van der Waals surface area (Å²) >= 11 is 12.7. The Kier molecular flexibility index (Phi) is 5.33. The van der Waals surface area contributed by atoms with Crippen LogP contribution in [0.2, 0.25) is 10.0 Å². The van der Waals surface area contributed by atoms with Crippen molar-refractivity contribution >= 4 is 46.1 Å². The maximum atomic E-state index is 6.43. The first-order valence-corrected chi connectivity index (χ1v) is 9.47. The second kappa shape index (κ2) is 8.05. The molecule has 0 aliphatic carbocycles. The highest BCUT2D eigenvalue weighted by atomic mass is 35.5. The molecule has 3 aromatic carbocycles. The van der Waals surface area contributed by atoms with Gasteiger partial charge in [0.1, 0.15) is 11.6 Å². The SMILES string of the molecule is COc1ccc(NC2=Nc3ccc(Cl)cc3C(c3ccccc3Cl)=NC2)cc1. The number of fused-ring (bicyclic) bond motifs is 1. The van der Waals surface area contributed by atoms with Gasteiger partial charge in [-0.1, -0.05) is 41.4 Å². The summed E-state index contributed by atoms with van der Waals surface area (Å²) in [5, 5.41) is 4.60. The topological polar surface area (TPSA) is 46.0 Å². The lowest BCUT2D eigenvalue weighted by Crippen LogP contribution is -2.15. The summed E-state index contributed by atoms with van der Waals surface area (Å²) in [7, 11) is 1.64. The Bertz CT molecular complexity index is 1080. The third kappa shape index (κ3) is 3.88. The van der Waals surface area contributed by atoms with E-state index in [9.17, 15) is 0 Å². The van der Waals surface area contributed by atoms with E-state index in [2.05, 4.69) is 5.32 Å². The summed E-state index contributed by atoms with van der Waals surface area (Å²) in [5.41, 5.74) is 4.18. The normalized spacial score (nSPS) is 13.1. The monoisotopic (exact) mass is 409 g/mol. The predicted octanol–water partition coefficient (Wildman–Crippen LogP) is 6.00. The molecule has 6 heteroatoms. The number of hydrogen-bond acceptors (Lipinski definition) is 4. The lowest BCUT2D eigenvalue weighted by atomic mass is 10.0. The molecule has 0 fully saturated rings. The number of methoxy groups -OCH3 is 1. The quantitative estimate of drug-likeness (QED) is 0.576. The highest BCUT2D eigenvalue weighted by molar-refractivity contribution is 6.36. The van der Waals surface area contributed by atoms with E-state index in [0.717, 1.165) is 39.8 Å². The van der Waals surface area contributed by atoms with E-state index in [1.54, 1.807) is 7.11 Å². The fraction of sp³-hybridized carbons (Fsp3) is 0.0909. The van der Waals surface area contributed by atoms with Crippen LogP contribution in [-0.4, -0.2) is 25.2 Å². The Morgan fingerprint density at radius 1 is 0.929 bits per heavy atom. The van der Waals surface area contributed by atoms with Gasteiger partial charge in [0, 0.05) is 26.9 Å². The van der Waals surface area contributed by atoms with Crippen LogP contribution in [0.25, 0.3) is 0 Å². The zero-order valence-corrected chi connectivity index (χ0v) is 16.6. The fourth-order valence-corrected chi connectivity index (χ4v) is 3.40. The summed E-state index contributed by atoms with van der Waals surface area (Å²) in [6.07, 6.45) is 0. The van der Waals surface area contributed by atoms with Crippen LogP contribution in [0.5, 0.6) is 5.75 Å². The van der Waals surface area contributed by atoms with Crippen molar-refractivity contribution in [3.63, 3.8) is 0 Å². The van der Waals surface area contributed by atoms with Crippen LogP contribution in [0.15, 0.2) is 76.7 Å². The Labute approximate surface area is 173 Å². The summed E-state index contributed by atoms with van der Waals surface area (Å²) in [6, 6.07) is 20.9. The summed E-state index contributed by atoms with van der Waals surface area (Å²) in [5.74, 6) is 1.53. The van der Waals surface area contributed by atoms with Crippen LogP contribution in [0.1, 0.15) is 11.1 Å². The first-order valence-electron chi connectivity index (χ1n) is 8.72. The van der Waals surface area contributed by atoms with E-state index >= 15 is 0 Å². The van der Waals surface area contributed by atoms with E-state index in [1.165, 1.54) is 0 Å². The molecule has 28 heavy (non-hydrogen) atoms. The van der Waals surface area contributed by atoms with Crippen molar-refractivity contribution in [1.29, 1.82) is 0 Å². The molecule has 0 bridgehead atoms. The van der Waals surface area contributed by atoms with Crippen molar-refractivity contribution in [2.24, 2.45) is 9.98 Å². The number of anilines is 1. The number of aliphatic imine (C=N–C) groups is 2. The molecule has 140 valence electrons. The van der Waals surface area contributed by atoms with Gasteiger partial charge in [-0.2, -0.15) is 0 Å². The fourth-order valence-electron chi connectivity index (χ4n) is 3.01. The Morgan fingerprint density at radius 2 is 1.71 bits per heavy atom. The van der Waals surface area contributed by atoms with Crippen LogP contribution >= 0.6 is 23.2 Å². The van der Waals surface area contributed by atoms with Crippen molar-refractivity contribution in [2.75, 3.05) is 19.0 Å². The molecular formula is C22H17Cl2N3O. The molecule has 0 aromatic heterocycles. The number of benzene rings is 3. The Balaban J connectivity index is 1.74. The number of amidine groups is 1. The van der Waals surface area contributed by atoms with E-state index in [1.807, 2.05) is 66.7 Å². The van der Waals surface area contributed by atoms with Gasteiger partial charge in [-0.05, 0) is 48.5 Å². The van der Waals surface area contributed by atoms with Crippen LogP contribution < -0.4 is 10.1 Å². The molecule has 1 heterocycles. The smallest absolute Gasteiger partial charge is 0.128 e. The van der Waals surface area contributed by atoms with Gasteiger partial charge in [-0.25, -0.2) is 4.99 Å². The number of hydrogen-bond donors (Lipinski definition) is 1. The third-order valence-corrected chi connectivity index (χ3v) is 4.93. The summed E-state index contributed by atoms with van der Waals surface area (Å²) < 4.78 is 5.21. The van der Waals surface area contributed by atoms with E-state index in [4.69, 9.17) is 37.9 Å². The molecule has 0 atom stereocenters. The molecule has 1 N–H and O–H groups in total. The molecule has 0 spiro atoms. The van der Waals surface area contributed by atoms with E-state index < -0.39 is 0 Å². The highest BCUT2D eigenvalue weighted by Gasteiger charge is 2.18. The van der Waals surface area contributed by atoms with Crippen molar-refractivity contribution < 1.29 is 4.74 Å². The van der Waals surface area contributed by atoms with Crippen molar-refractivity contribution in [2.45, 2.75) is 0 Å². The molecule has 3 aromatic rings. The molecule has 4 nitrogen and oxygen atoms in total. The number of rotatable bonds is 3. The standard InChI is InChI=1S/C22H17Cl2N3O/c1-28-16-9-7-15(8-10-16)26-21-13-25-22(17-4-2-3-5-19(17)24)18-12-14(23)6-11-20(18)27-21/h2-12H,13H2,1H3,(H,26,27). The zero-order chi connectivity index (χ0) is 19.5. The predicted molar refractivity (Wildman–Crippen MR) is 117 cm³/mol. The molecule has 0 saturated heterocycles. The Hall–Kier alpha value is -2.82. The molecule has 0 unspecified atom stereocenters. The number of nitrogens with one attached hydrogen (secondary N) is 1. The number of nitrogens with zero attached hydrogens (tertiary/aromatic N) is 2. The minimum absolute atomic E-state index is 0.388. The molecule has 4 rings (SSSR count). The van der Waals surface area contributed by atoms with E-state index in [0.29, 0.717) is 16.6 Å². The number of ether oxygens (including phenoxy) is 1. The van der Waals surface area contributed by atoms with Crippen LogP contribution in [0.3, 0.4) is 0 Å². The van der Waals surface area contributed by atoms with Crippen LogP contribution in [0, 0.1) is 0 Å². The lowest BCUT2D eigenvalue weighted by Gasteiger charge is -2.10. The summed E-state index contributed by atoms with van der Waals surface area (Å²) in [4.78, 5) is 9.59. The minimum atomic E-state index is 0.388. The minimum Gasteiger partial charge on any atom is -0.497 e. The first kappa shape index (κ1) is 18.5. The van der Waals surface area contributed by atoms with Crippen molar-refractivity contribution in [3.05, 3.63) is 87.9 Å². The van der Waals surface area contributed by atoms with Gasteiger partial charge < -0.3 is 10.1 Å². The van der Waals surface area contributed by atoms with Crippen molar-refractivity contribution in [3.8, 4) is 5.75 Å². The second-order valence-corrected chi connectivity index (χ2v) is 7.06. The maximum Gasteiger partial charge on any atom is 0.128 e. The molecule has 1 aliphatic heterocycles. The van der Waals surface area contributed by atoms with Crippen LogP contribution in [-0.2, 0) is 0 Å². The van der Waals surface area contributed by atoms with Crippen molar-refractivity contribution in [1.82, 2.24) is 0 Å². The maximum absolute atomic E-state index is 6.43.